The average molecular weight is 339 g/mol. The quantitative estimate of drug-likeness (QED) is 0.850. The molecular formula is C12H14Cl2NO4S-. The van der Waals surface area contributed by atoms with Gasteiger partial charge in [-0.1, -0.05) is 43.1 Å². The Morgan fingerprint density at radius 1 is 1.30 bits per heavy atom. The van der Waals surface area contributed by atoms with E-state index in [1.807, 2.05) is 0 Å². The lowest BCUT2D eigenvalue weighted by molar-refractivity contribution is -0.308. The molecule has 1 aromatic rings. The van der Waals surface area contributed by atoms with Crippen LogP contribution in [-0.4, -0.2) is 20.4 Å². The van der Waals surface area contributed by atoms with Gasteiger partial charge in [-0.25, -0.2) is 13.1 Å². The zero-order valence-corrected chi connectivity index (χ0v) is 13.2. The van der Waals surface area contributed by atoms with E-state index in [9.17, 15) is 18.3 Å². The Morgan fingerprint density at radius 3 is 2.20 bits per heavy atom. The summed E-state index contributed by atoms with van der Waals surface area (Å²) >= 11 is 11.6. The molecule has 0 spiro atoms. The molecule has 0 bridgehead atoms. The van der Waals surface area contributed by atoms with E-state index >= 15 is 0 Å². The van der Waals surface area contributed by atoms with E-state index in [1.54, 1.807) is 13.8 Å². The van der Waals surface area contributed by atoms with E-state index < -0.39 is 22.0 Å². The first-order valence-electron chi connectivity index (χ1n) is 5.82. The number of hydrogen-bond acceptors (Lipinski definition) is 4. The highest BCUT2D eigenvalue weighted by molar-refractivity contribution is 7.89. The van der Waals surface area contributed by atoms with Crippen LogP contribution in [0.5, 0.6) is 0 Å². The van der Waals surface area contributed by atoms with Gasteiger partial charge in [0.1, 0.15) is 4.90 Å². The normalized spacial score (nSPS) is 13.4. The van der Waals surface area contributed by atoms with Crippen molar-refractivity contribution in [1.29, 1.82) is 0 Å². The smallest absolute Gasteiger partial charge is 0.244 e. The molecule has 0 amide bonds. The molecule has 0 fully saturated rings. The summed E-state index contributed by atoms with van der Waals surface area (Å²) in [7, 11) is -4.15. The summed E-state index contributed by atoms with van der Waals surface area (Å²) in [5, 5.41) is 10.9. The third-order valence-electron chi connectivity index (χ3n) is 2.48. The summed E-state index contributed by atoms with van der Waals surface area (Å²) in [4.78, 5) is 10.7. The molecule has 0 heterocycles. The predicted molar refractivity (Wildman–Crippen MR) is 75.0 cm³/mol. The van der Waals surface area contributed by atoms with Gasteiger partial charge in [-0.3, -0.25) is 0 Å². The minimum atomic E-state index is -4.15. The number of benzene rings is 1. The summed E-state index contributed by atoms with van der Waals surface area (Å²) in [5.41, 5.74) is 0. The van der Waals surface area contributed by atoms with Crippen LogP contribution in [0.1, 0.15) is 20.3 Å². The van der Waals surface area contributed by atoms with Crippen molar-refractivity contribution in [3.63, 3.8) is 0 Å². The number of carboxylic acid groups (broad SMARTS) is 1. The summed E-state index contributed by atoms with van der Waals surface area (Å²) in [5.74, 6) is -1.52. The van der Waals surface area contributed by atoms with Crippen LogP contribution < -0.4 is 9.83 Å². The Bertz CT molecular complexity index is 581. The first-order valence-corrected chi connectivity index (χ1v) is 8.06. The molecule has 1 N–H and O–H groups in total. The van der Waals surface area contributed by atoms with E-state index in [-0.39, 0.29) is 27.3 Å². The average Bonchev–Trinajstić information content (AvgIpc) is 2.26. The van der Waals surface area contributed by atoms with Crippen molar-refractivity contribution < 1.29 is 18.3 Å². The Kier molecular flexibility index (Phi) is 5.82. The van der Waals surface area contributed by atoms with Gasteiger partial charge in [0, 0.05) is 0 Å². The highest BCUT2D eigenvalue weighted by Gasteiger charge is 2.26. The number of rotatable bonds is 6. The standard InChI is InChI=1S/C12H15Cl2NO4S/c1-7(2)6-10(12(16)17)15-20(18,19)11-8(13)4-3-5-9(11)14/h3-5,7,10,15H,6H2,1-2H3,(H,16,17)/p-1/t10-/m1/s1. The van der Waals surface area contributed by atoms with E-state index in [2.05, 4.69) is 4.72 Å². The Hall–Kier alpha value is -0.820. The predicted octanol–water partition coefficient (Wildman–Crippen LogP) is 1.44. The number of carboxylic acids is 1. The van der Waals surface area contributed by atoms with Gasteiger partial charge in [-0.15, -0.1) is 0 Å². The van der Waals surface area contributed by atoms with E-state index in [0.29, 0.717) is 0 Å². The number of carbonyl (C=O) groups excluding carboxylic acids is 1. The summed E-state index contributed by atoms with van der Waals surface area (Å²) in [6.07, 6.45) is 0.101. The van der Waals surface area contributed by atoms with Crippen LogP contribution in [0.3, 0.4) is 0 Å². The van der Waals surface area contributed by atoms with Crippen LogP contribution in [0.4, 0.5) is 0 Å². The maximum Gasteiger partial charge on any atom is 0.244 e. The zero-order chi connectivity index (χ0) is 15.5. The zero-order valence-electron chi connectivity index (χ0n) is 10.9. The summed E-state index contributed by atoms with van der Waals surface area (Å²) in [6.45, 7) is 3.54. The number of aliphatic carboxylic acids is 1. The molecule has 0 aliphatic rings. The molecule has 112 valence electrons. The van der Waals surface area contributed by atoms with Gasteiger partial charge in [0.15, 0.2) is 0 Å². The molecule has 1 atom stereocenters. The minimum absolute atomic E-state index is 0.0256. The molecule has 20 heavy (non-hydrogen) atoms. The molecule has 0 radical (unpaired) electrons. The number of hydrogen-bond donors (Lipinski definition) is 1. The van der Waals surface area contributed by atoms with Gasteiger partial charge < -0.3 is 9.90 Å². The van der Waals surface area contributed by atoms with Crippen molar-refractivity contribution in [3.8, 4) is 0 Å². The van der Waals surface area contributed by atoms with Gasteiger partial charge in [-0.05, 0) is 24.5 Å². The van der Waals surface area contributed by atoms with Gasteiger partial charge in [0.2, 0.25) is 10.0 Å². The van der Waals surface area contributed by atoms with Crippen LogP contribution in [0.15, 0.2) is 23.1 Å². The van der Waals surface area contributed by atoms with Crippen LogP contribution >= 0.6 is 23.2 Å². The molecule has 0 saturated heterocycles. The number of halogens is 2. The van der Waals surface area contributed by atoms with Crippen molar-refractivity contribution >= 4 is 39.2 Å². The van der Waals surface area contributed by atoms with Gasteiger partial charge in [-0.2, -0.15) is 0 Å². The molecule has 0 aromatic heterocycles. The van der Waals surface area contributed by atoms with Crippen molar-refractivity contribution in [1.82, 2.24) is 4.72 Å². The molecule has 1 aromatic carbocycles. The summed E-state index contributed by atoms with van der Waals surface area (Å²) < 4.78 is 26.5. The van der Waals surface area contributed by atoms with Crippen molar-refractivity contribution in [2.45, 2.75) is 31.2 Å². The van der Waals surface area contributed by atoms with Gasteiger partial charge in [0.25, 0.3) is 0 Å². The maximum absolute atomic E-state index is 12.2. The lowest BCUT2D eigenvalue weighted by Crippen LogP contribution is -2.48. The second-order valence-electron chi connectivity index (χ2n) is 4.67. The lowest BCUT2D eigenvalue weighted by Gasteiger charge is -2.22. The van der Waals surface area contributed by atoms with E-state index in [4.69, 9.17) is 23.2 Å². The Labute approximate surface area is 127 Å². The SMILES string of the molecule is CC(C)C[C@@H](NS(=O)(=O)c1c(Cl)cccc1Cl)C(=O)[O-]. The highest BCUT2D eigenvalue weighted by Crippen LogP contribution is 2.29. The molecule has 0 unspecified atom stereocenters. The third-order valence-corrected chi connectivity index (χ3v) is 4.90. The topological polar surface area (TPSA) is 86.3 Å². The van der Waals surface area contributed by atoms with E-state index in [0.717, 1.165) is 0 Å². The van der Waals surface area contributed by atoms with Crippen LogP contribution in [0.25, 0.3) is 0 Å². The number of sulfonamides is 1. The van der Waals surface area contributed by atoms with Crippen LogP contribution in [0.2, 0.25) is 10.0 Å². The largest absolute Gasteiger partial charge is 0.548 e. The fraction of sp³-hybridized carbons (Fsp3) is 0.417. The molecular weight excluding hydrogens is 325 g/mol. The molecule has 1 rings (SSSR count). The first-order chi connectivity index (χ1) is 9.15. The van der Waals surface area contributed by atoms with Crippen molar-refractivity contribution in [2.24, 2.45) is 5.92 Å². The molecule has 0 aliphatic heterocycles. The fourth-order valence-electron chi connectivity index (χ4n) is 1.65. The second kappa shape index (κ2) is 6.76. The van der Waals surface area contributed by atoms with Crippen molar-refractivity contribution in [3.05, 3.63) is 28.2 Å². The van der Waals surface area contributed by atoms with Crippen LogP contribution in [-0.2, 0) is 14.8 Å². The first kappa shape index (κ1) is 17.2. The fourth-order valence-corrected chi connectivity index (χ4v) is 3.99. The molecule has 0 aliphatic carbocycles. The minimum Gasteiger partial charge on any atom is -0.548 e. The Balaban J connectivity index is 3.13. The monoisotopic (exact) mass is 338 g/mol. The third kappa shape index (κ3) is 4.34. The maximum atomic E-state index is 12.2. The highest BCUT2D eigenvalue weighted by atomic mass is 35.5. The molecule has 5 nitrogen and oxygen atoms in total. The van der Waals surface area contributed by atoms with Crippen molar-refractivity contribution in [2.75, 3.05) is 0 Å². The van der Waals surface area contributed by atoms with Crippen LogP contribution in [0, 0.1) is 5.92 Å². The molecule has 0 saturated carbocycles. The van der Waals surface area contributed by atoms with Gasteiger partial charge in [0.05, 0.1) is 22.1 Å². The molecule has 8 heteroatoms. The summed E-state index contributed by atoms with van der Waals surface area (Å²) in [6, 6.07) is 2.87. The number of nitrogens with one attached hydrogen (secondary N) is 1. The van der Waals surface area contributed by atoms with E-state index in [1.165, 1.54) is 18.2 Å². The number of carbonyl (C=O) groups is 1. The second-order valence-corrected chi connectivity index (χ2v) is 7.14. The van der Waals surface area contributed by atoms with Gasteiger partial charge >= 0.3 is 0 Å². The lowest BCUT2D eigenvalue weighted by atomic mass is 10.1. The Morgan fingerprint density at radius 2 is 1.80 bits per heavy atom.